The third-order valence-electron chi connectivity index (χ3n) is 3.36. The Bertz CT molecular complexity index is 330. The maximum absolute atomic E-state index is 5.79. The van der Waals surface area contributed by atoms with Gasteiger partial charge in [-0.05, 0) is 37.6 Å². The lowest BCUT2D eigenvalue weighted by molar-refractivity contribution is 0.132. The second-order valence-electron chi connectivity index (χ2n) is 4.65. The second kappa shape index (κ2) is 4.85. The highest BCUT2D eigenvalue weighted by molar-refractivity contribution is 5.27. The van der Waals surface area contributed by atoms with Gasteiger partial charge in [0.15, 0.2) is 0 Å². The zero-order valence-electron chi connectivity index (χ0n) is 10.0. The molecule has 1 aromatic rings. The predicted octanol–water partition coefficient (Wildman–Crippen LogP) is 1.62. The third-order valence-corrected chi connectivity index (χ3v) is 3.36. The lowest BCUT2D eigenvalue weighted by Crippen LogP contribution is -2.48. The Balaban J connectivity index is 1.88. The Morgan fingerprint density at radius 1 is 1.31 bits per heavy atom. The molecule has 1 aliphatic carbocycles. The van der Waals surface area contributed by atoms with Crippen molar-refractivity contribution in [3.8, 4) is 5.75 Å². The number of nitrogens with two attached hydrogens (primary N) is 1. The first-order chi connectivity index (χ1) is 7.69. The van der Waals surface area contributed by atoms with Gasteiger partial charge in [0.25, 0.3) is 0 Å². The van der Waals surface area contributed by atoms with Gasteiger partial charge in [-0.1, -0.05) is 12.1 Å². The van der Waals surface area contributed by atoms with Crippen molar-refractivity contribution in [2.75, 3.05) is 14.2 Å². The van der Waals surface area contributed by atoms with Crippen molar-refractivity contribution in [1.29, 1.82) is 0 Å². The molecule has 0 radical (unpaired) electrons. The van der Waals surface area contributed by atoms with Crippen molar-refractivity contribution in [1.82, 2.24) is 4.90 Å². The minimum Gasteiger partial charge on any atom is -0.497 e. The van der Waals surface area contributed by atoms with E-state index < -0.39 is 0 Å². The summed E-state index contributed by atoms with van der Waals surface area (Å²) in [6.07, 6.45) is 2.26. The Labute approximate surface area is 97.2 Å². The highest BCUT2D eigenvalue weighted by atomic mass is 16.5. The molecule has 0 bridgehead atoms. The van der Waals surface area contributed by atoms with Gasteiger partial charge in [-0.15, -0.1) is 0 Å². The Morgan fingerprint density at radius 2 is 1.94 bits per heavy atom. The zero-order chi connectivity index (χ0) is 11.5. The minimum atomic E-state index is 0.420. The largest absolute Gasteiger partial charge is 0.497 e. The van der Waals surface area contributed by atoms with E-state index in [0.29, 0.717) is 12.1 Å². The summed E-state index contributed by atoms with van der Waals surface area (Å²) < 4.78 is 5.14. The van der Waals surface area contributed by atoms with Crippen molar-refractivity contribution in [2.24, 2.45) is 5.73 Å². The van der Waals surface area contributed by atoms with Crippen LogP contribution in [-0.4, -0.2) is 31.1 Å². The maximum Gasteiger partial charge on any atom is 0.118 e. The van der Waals surface area contributed by atoms with Crippen LogP contribution in [0.25, 0.3) is 0 Å². The summed E-state index contributed by atoms with van der Waals surface area (Å²) in [7, 11) is 3.86. The summed E-state index contributed by atoms with van der Waals surface area (Å²) in [4.78, 5) is 2.38. The van der Waals surface area contributed by atoms with Crippen LogP contribution in [0.1, 0.15) is 18.4 Å². The summed E-state index contributed by atoms with van der Waals surface area (Å²) in [6.45, 7) is 0.987. The van der Waals surface area contributed by atoms with Crippen LogP contribution in [-0.2, 0) is 6.54 Å². The van der Waals surface area contributed by atoms with E-state index in [0.717, 1.165) is 25.1 Å². The van der Waals surface area contributed by atoms with Crippen molar-refractivity contribution >= 4 is 0 Å². The van der Waals surface area contributed by atoms with Gasteiger partial charge in [-0.2, -0.15) is 0 Å². The monoisotopic (exact) mass is 220 g/mol. The third kappa shape index (κ3) is 2.54. The summed E-state index contributed by atoms with van der Waals surface area (Å²) in [5.41, 5.74) is 7.12. The Kier molecular flexibility index (Phi) is 3.46. The predicted molar refractivity (Wildman–Crippen MR) is 65.5 cm³/mol. The molecular weight excluding hydrogens is 200 g/mol. The van der Waals surface area contributed by atoms with Gasteiger partial charge in [-0.25, -0.2) is 0 Å². The number of hydrogen-bond donors (Lipinski definition) is 1. The molecule has 1 saturated carbocycles. The average Bonchev–Trinajstić information content (AvgIpc) is 2.26. The van der Waals surface area contributed by atoms with Crippen molar-refractivity contribution in [2.45, 2.75) is 31.5 Å². The number of hydrogen-bond acceptors (Lipinski definition) is 3. The molecular formula is C13H20N2O. The van der Waals surface area contributed by atoms with Gasteiger partial charge in [0.2, 0.25) is 0 Å². The quantitative estimate of drug-likeness (QED) is 0.838. The standard InChI is InChI=1S/C13H20N2O/c1-15(12-7-11(14)8-12)9-10-3-5-13(16-2)6-4-10/h3-6,11-12H,7-9,14H2,1-2H3. The van der Waals surface area contributed by atoms with Crippen LogP contribution in [0.15, 0.2) is 24.3 Å². The van der Waals surface area contributed by atoms with E-state index in [1.807, 2.05) is 12.1 Å². The van der Waals surface area contributed by atoms with Crippen LogP contribution >= 0.6 is 0 Å². The summed E-state index contributed by atoms with van der Waals surface area (Å²) in [5.74, 6) is 0.914. The first-order valence-corrected chi connectivity index (χ1v) is 5.78. The molecule has 0 aromatic heterocycles. The van der Waals surface area contributed by atoms with Crippen molar-refractivity contribution in [3.05, 3.63) is 29.8 Å². The molecule has 3 heteroatoms. The fourth-order valence-corrected chi connectivity index (χ4v) is 2.14. The van der Waals surface area contributed by atoms with Crippen LogP contribution in [0.3, 0.4) is 0 Å². The molecule has 0 unspecified atom stereocenters. The zero-order valence-corrected chi connectivity index (χ0v) is 10.0. The average molecular weight is 220 g/mol. The lowest BCUT2D eigenvalue weighted by atomic mass is 9.86. The summed E-state index contributed by atoms with van der Waals surface area (Å²) in [6, 6.07) is 9.34. The fraction of sp³-hybridized carbons (Fsp3) is 0.538. The molecule has 1 aromatic carbocycles. The fourth-order valence-electron chi connectivity index (χ4n) is 2.14. The van der Waals surface area contributed by atoms with E-state index in [1.165, 1.54) is 5.56 Å². The molecule has 16 heavy (non-hydrogen) atoms. The molecule has 0 amide bonds. The van der Waals surface area contributed by atoms with Gasteiger partial charge < -0.3 is 10.5 Å². The molecule has 1 aliphatic rings. The number of benzene rings is 1. The van der Waals surface area contributed by atoms with E-state index in [-0.39, 0.29) is 0 Å². The van der Waals surface area contributed by atoms with Crippen LogP contribution < -0.4 is 10.5 Å². The van der Waals surface area contributed by atoms with Gasteiger partial charge in [0, 0.05) is 18.6 Å². The molecule has 2 N–H and O–H groups in total. The second-order valence-corrected chi connectivity index (χ2v) is 4.65. The first-order valence-electron chi connectivity index (χ1n) is 5.78. The molecule has 2 rings (SSSR count). The van der Waals surface area contributed by atoms with Crippen LogP contribution in [0.2, 0.25) is 0 Å². The number of nitrogens with zero attached hydrogens (tertiary/aromatic N) is 1. The topological polar surface area (TPSA) is 38.5 Å². The van der Waals surface area contributed by atoms with Crippen LogP contribution in [0.5, 0.6) is 5.75 Å². The van der Waals surface area contributed by atoms with Crippen LogP contribution in [0, 0.1) is 0 Å². The first kappa shape index (κ1) is 11.4. The van der Waals surface area contributed by atoms with E-state index in [2.05, 4.69) is 24.1 Å². The molecule has 88 valence electrons. The maximum atomic E-state index is 5.79. The van der Waals surface area contributed by atoms with Gasteiger partial charge >= 0.3 is 0 Å². The molecule has 0 aliphatic heterocycles. The highest BCUT2D eigenvalue weighted by Crippen LogP contribution is 2.24. The highest BCUT2D eigenvalue weighted by Gasteiger charge is 2.28. The smallest absolute Gasteiger partial charge is 0.118 e. The van der Waals surface area contributed by atoms with Gasteiger partial charge in [0.1, 0.15) is 5.75 Å². The number of ether oxygens (including phenoxy) is 1. The van der Waals surface area contributed by atoms with Crippen LogP contribution in [0.4, 0.5) is 0 Å². The Hall–Kier alpha value is -1.06. The lowest BCUT2D eigenvalue weighted by Gasteiger charge is -2.39. The van der Waals surface area contributed by atoms with Crippen molar-refractivity contribution in [3.63, 3.8) is 0 Å². The molecule has 0 atom stereocenters. The summed E-state index contributed by atoms with van der Waals surface area (Å²) >= 11 is 0. The van der Waals surface area contributed by atoms with E-state index in [1.54, 1.807) is 7.11 Å². The molecule has 0 heterocycles. The Morgan fingerprint density at radius 3 is 2.44 bits per heavy atom. The SMILES string of the molecule is COc1ccc(CN(C)C2CC(N)C2)cc1. The van der Waals surface area contributed by atoms with E-state index in [4.69, 9.17) is 10.5 Å². The molecule has 0 spiro atoms. The minimum absolute atomic E-state index is 0.420. The molecule has 1 fully saturated rings. The molecule has 0 saturated heterocycles. The van der Waals surface area contributed by atoms with Gasteiger partial charge in [0.05, 0.1) is 7.11 Å². The van der Waals surface area contributed by atoms with E-state index >= 15 is 0 Å². The molecule has 3 nitrogen and oxygen atoms in total. The summed E-state index contributed by atoms with van der Waals surface area (Å²) in [5, 5.41) is 0. The normalized spacial score (nSPS) is 24.2. The van der Waals surface area contributed by atoms with Gasteiger partial charge in [-0.3, -0.25) is 4.90 Å². The van der Waals surface area contributed by atoms with Crippen molar-refractivity contribution < 1.29 is 4.74 Å². The number of rotatable bonds is 4. The van der Waals surface area contributed by atoms with E-state index in [9.17, 15) is 0 Å². The number of methoxy groups -OCH3 is 1.